The molecule has 0 saturated carbocycles. The molecule has 0 bridgehead atoms. The Morgan fingerprint density at radius 1 is 1.33 bits per heavy atom. The molecule has 0 amide bonds. The number of rotatable bonds is 3. The lowest BCUT2D eigenvalue weighted by Gasteiger charge is -2.08. The zero-order chi connectivity index (χ0) is 10.7. The van der Waals surface area contributed by atoms with Crippen molar-refractivity contribution in [1.29, 1.82) is 0 Å². The van der Waals surface area contributed by atoms with Crippen LogP contribution in [-0.2, 0) is 6.54 Å². The third kappa shape index (κ3) is 2.15. The van der Waals surface area contributed by atoms with E-state index in [-0.39, 0.29) is 0 Å². The molecule has 0 fully saturated rings. The molecule has 0 aliphatic rings. The quantitative estimate of drug-likeness (QED) is 0.741. The van der Waals surface area contributed by atoms with Crippen LogP contribution in [0.2, 0.25) is 0 Å². The lowest BCUT2D eigenvalue weighted by molar-refractivity contribution is 0.792. The first kappa shape index (κ1) is 9.71. The van der Waals surface area contributed by atoms with Crippen LogP contribution in [0.5, 0.6) is 0 Å². The summed E-state index contributed by atoms with van der Waals surface area (Å²) in [6.07, 6.45) is 5.71. The van der Waals surface area contributed by atoms with E-state index in [1.54, 1.807) is 0 Å². The molecule has 76 valence electrons. The molecule has 0 unspecified atom stereocenters. The first-order valence-electron chi connectivity index (χ1n) is 4.97. The molecule has 2 aromatic rings. The van der Waals surface area contributed by atoms with Crippen LogP contribution in [0, 0.1) is 0 Å². The summed E-state index contributed by atoms with van der Waals surface area (Å²) >= 11 is 0. The van der Waals surface area contributed by atoms with Crippen molar-refractivity contribution >= 4 is 5.57 Å². The zero-order valence-corrected chi connectivity index (χ0v) is 8.85. The second kappa shape index (κ2) is 4.13. The van der Waals surface area contributed by atoms with Gasteiger partial charge in [-0.05, 0) is 42.3 Å². The molecule has 0 atom stereocenters. The molecule has 15 heavy (non-hydrogen) atoms. The van der Waals surface area contributed by atoms with Crippen LogP contribution in [0.15, 0.2) is 49.4 Å². The minimum absolute atomic E-state index is 0.873. The highest BCUT2D eigenvalue weighted by atomic mass is 15.0. The normalized spacial score (nSPS) is 10.2. The summed E-state index contributed by atoms with van der Waals surface area (Å²) < 4.78 is 2.19. The molecule has 0 N–H and O–H groups in total. The van der Waals surface area contributed by atoms with E-state index in [2.05, 4.69) is 28.4 Å². The lowest BCUT2D eigenvalue weighted by Crippen LogP contribution is -2.01. The van der Waals surface area contributed by atoms with E-state index >= 15 is 0 Å². The Balaban J connectivity index is 2.25. The van der Waals surface area contributed by atoms with Crippen LogP contribution in [-0.4, -0.2) is 9.55 Å². The molecule has 0 aromatic carbocycles. The molecule has 0 radical (unpaired) electrons. The van der Waals surface area contributed by atoms with Crippen molar-refractivity contribution in [1.82, 2.24) is 9.55 Å². The predicted molar refractivity (Wildman–Crippen MR) is 62.5 cm³/mol. The van der Waals surface area contributed by atoms with Crippen LogP contribution in [0.25, 0.3) is 5.57 Å². The highest BCUT2D eigenvalue weighted by Crippen LogP contribution is 2.14. The summed E-state index contributed by atoms with van der Waals surface area (Å²) in [5.41, 5.74) is 3.53. The second-order valence-corrected chi connectivity index (χ2v) is 3.66. The van der Waals surface area contributed by atoms with E-state index in [1.165, 1.54) is 11.3 Å². The highest BCUT2D eigenvalue weighted by molar-refractivity contribution is 5.58. The Labute approximate surface area is 89.9 Å². The maximum atomic E-state index is 4.01. The van der Waals surface area contributed by atoms with Gasteiger partial charge in [-0.2, -0.15) is 0 Å². The van der Waals surface area contributed by atoms with Crippen molar-refractivity contribution in [2.24, 2.45) is 0 Å². The number of aromatic nitrogens is 2. The van der Waals surface area contributed by atoms with E-state index in [0.29, 0.717) is 0 Å². The average Bonchev–Trinajstić information content (AvgIpc) is 2.67. The molecular weight excluding hydrogens is 184 g/mol. The van der Waals surface area contributed by atoms with Crippen molar-refractivity contribution in [2.45, 2.75) is 13.5 Å². The van der Waals surface area contributed by atoms with Crippen LogP contribution >= 0.6 is 0 Å². The fraction of sp³-hybridized carbons (Fsp3) is 0.154. The summed E-state index contributed by atoms with van der Waals surface area (Å²) in [5, 5.41) is 0. The van der Waals surface area contributed by atoms with Gasteiger partial charge in [-0.25, -0.2) is 0 Å². The van der Waals surface area contributed by atoms with Crippen molar-refractivity contribution in [3.63, 3.8) is 0 Å². The van der Waals surface area contributed by atoms with Gasteiger partial charge in [0.05, 0.1) is 0 Å². The average molecular weight is 198 g/mol. The summed E-state index contributed by atoms with van der Waals surface area (Å²) in [5.74, 6) is 0. The maximum Gasteiger partial charge on any atom is 0.0477 e. The molecule has 0 aliphatic heterocycles. The topological polar surface area (TPSA) is 17.8 Å². The molecule has 2 rings (SSSR count). The molecule has 0 spiro atoms. The zero-order valence-electron chi connectivity index (χ0n) is 8.85. The molecule has 2 aromatic heterocycles. The van der Waals surface area contributed by atoms with Crippen LogP contribution < -0.4 is 0 Å². The summed E-state index contributed by atoms with van der Waals surface area (Å²) in [6, 6.07) is 8.19. The van der Waals surface area contributed by atoms with Crippen molar-refractivity contribution in [3.8, 4) is 0 Å². The lowest BCUT2D eigenvalue weighted by atomic mass is 10.2. The largest absolute Gasteiger partial charge is 0.343 e. The van der Waals surface area contributed by atoms with E-state index in [0.717, 1.165) is 12.1 Å². The monoisotopic (exact) mass is 198 g/mol. The van der Waals surface area contributed by atoms with Gasteiger partial charge in [0.15, 0.2) is 0 Å². The SMILES string of the molecule is C=C(C)c1cccn1Cc1ccncc1. The molecular formula is C13H14N2. The Kier molecular flexibility index (Phi) is 2.68. The number of pyridine rings is 1. The maximum absolute atomic E-state index is 4.01. The molecule has 0 aliphatic carbocycles. The van der Waals surface area contributed by atoms with Gasteiger partial charge in [0.25, 0.3) is 0 Å². The van der Waals surface area contributed by atoms with Gasteiger partial charge in [0.2, 0.25) is 0 Å². The van der Waals surface area contributed by atoms with Crippen molar-refractivity contribution in [3.05, 3.63) is 60.7 Å². The van der Waals surface area contributed by atoms with E-state index in [9.17, 15) is 0 Å². The number of allylic oxidation sites excluding steroid dienone is 1. The fourth-order valence-electron chi connectivity index (χ4n) is 1.62. The van der Waals surface area contributed by atoms with Gasteiger partial charge < -0.3 is 4.57 Å². The third-order valence-electron chi connectivity index (χ3n) is 2.37. The van der Waals surface area contributed by atoms with Crippen LogP contribution in [0.3, 0.4) is 0 Å². The Morgan fingerprint density at radius 2 is 2.07 bits per heavy atom. The Morgan fingerprint density at radius 3 is 2.73 bits per heavy atom. The van der Waals surface area contributed by atoms with Gasteiger partial charge in [-0.3, -0.25) is 4.98 Å². The predicted octanol–water partition coefficient (Wildman–Crippen LogP) is 2.96. The summed E-state index contributed by atoms with van der Waals surface area (Å²) in [7, 11) is 0. The minimum atomic E-state index is 0.873. The van der Waals surface area contributed by atoms with Crippen LogP contribution in [0.4, 0.5) is 0 Å². The van der Waals surface area contributed by atoms with E-state index in [1.807, 2.05) is 37.5 Å². The van der Waals surface area contributed by atoms with Gasteiger partial charge in [-0.15, -0.1) is 0 Å². The molecule has 2 heterocycles. The Hall–Kier alpha value is -1.83. The van der Waals surface area contributed by atoms with Gasteiger partial charge in [-0.1, -0.05) is 6.58 Å². The smallest absolute Gasteiger partial charge is 0.0477 e. The van der Waals surface area contributed by atoms with Gasteiger partial charge in [0.1, 0.15) is 0 Å². The molecule has 2 heteroatoms. The molecule has 2 nitrogen and oxygen atoms in total. The van der Waals surface area contributed by atoms with Crippen molar-refractivity contribution in [2.75, 3.05) is 0 Å². The van der Waals surface area contributed by atoms with Crippen LogP contribution in [0.1, 0.15) is 18.2 Å². The molecule has 0 saturated heterocycles. The van der Waals surface area contributed by atoms with E-state index < -0.39 is 0 Å². The standard InChI is InChI=1S/C13H14N2/c1-11(2)13-4-3-9-15(13)10-12-5-7-14-8-6-12/h3-9H,1,10H2,2H3. The first-order valence-corrected chi connectivity index (χ1v) is 4.97. The highest BCUT2D eigenvalue weighted by Gasteiger charge is 2.01. The number of hydrogen-bond donors (Lipinski definition) is 0. The second-order valence-electron chi connectivity index (χ2n) is 3.66. The van der Waals surface area contributed by atoms with Crippen molar-refractivity contribution < 1.29 is 0 Å². The number of nitrogens with zero attached hydrogens (tertiary/aromatic N) is 2. The number of hydrogen-bond acceptors (Lipinski definition) is 1. The summed E-state index contributed by atoms with van der Waals surface area (Å²) in [4.78, 5) is 4.01. The Bertz CT molecular complexity index is 454. The summed E-state index contributed by atoms with van der Waals surface area (Å²) in [6.45, 7) is 6.87. The fourth-order valence-corrected chi connectivity index (χ4v) is 1.62. The van der Waals surface area contributed by atoms with E-state index in [4.69, 9.17) is 0 Å². The minimum Gasteiger partial charge on any atom is -0.343 e. The third-order valence-corrected chi connectivity index (χ3v) is 2.37. The van der Waals surface area contributed by atoms with Gasteiger partial charge >= 0.3 is 0 Å². The van der Waals surface area contributed by atoms with Gasteiger partial charge in [0, 0.05) is 30.8 Å². The first-order chi connectivity index (χ1) is 7.27.